The van der Waals surface area contributed by atoms with Crippen molar-refractivity contribution in [3.8, 4) is 11.1 Å². The molecule has 24 heavy (non-hydrogen) atoms. The van der Waals surface area contributed by atoms with Crippen LogP contribution in [0.2, 0.25) is 0 Å². The Labute approximate surface area is 139 Å². The van der Waals surface area contributed by atoms with Crippen molar-refractivity contribution in [2.75, 3.05) is 0 Å². The zero-order chi connectivity index (χ0) is 16.8. The molecule has 4 rings (SSSR count). The molecule has 0 aliphatic rings. The molecule has 1 heterocycles. The molecular formula is C21H17NO2. The zero-order valence-corrected chi connectivity index (χ0v) is 13.6. The highest BCUT2D eigenvalue weighted by molar-refractivity contribution is 6.11. The molecule has 118 valence electrons. The number of aromatic nitrogens is 1. The highest BCUT2D eigenvalue weighted by Gasteiger charge is 2.17. The van der Waals surface area contributed by atoms with Gasteiger partial charge in [-0.15, -0.1) is 0 Å². The van der Waals surface area contributed by atoms with Crippen LogP contribution in [0.25, 0.3) is 32.8 Å². The van der Waals surface area contributed by atoms with Crippen LogP contribution in [-0.4, -0.2) is 16.1 Å². The van der Waals surface area contributed by atoms with Crippen LogP contribution in [0.1, 0.15) is 21.5 Å². The van der Waals surface area contributed by atoms with E-state index >= 15 is 0 Å². The molecule has 0 saturated heterocycles. The van der Waals surface area contributed by atoms with Crippen LogP contribution in [0, 0.1) is 13.8 Å². The lowest BCUT2D eigenvalue weighted by atomic mass is 9.90. The number of carboxylic acid groups (broad SMARTS) is 1. The first-order chi connectivity index (χ1) is 11.6. The molecule has 0 amide bonds. The van der Waals surface area contributed by atoms with E-state index in [1.807, 2.05) is 24.4 Å². The number of aryl methyl sites for hydroxylation is 1. The van der Waals surface area contributed by atoms with E-state index in [-0.39, 0.29) is 0 Å². The van der Waals surface area contributed by atoms with Gasteiger partial charge in [-0.05, 0) is 47.4 Å². The molecule has 4 aromatic rings. The van der Waals surface area contributed by atoms with Gasteiger partial charge in [0, 0.05) is 17.1 Å². The standard InChI is InChI=1S/C21H17NO2/c1-12-10-14-6-3-4-7-15(14)19(13(12)2)18-11-22-20-16(18)8-5-9-17(20)21(23)24/h3-11,22H,1-2H3,(H,23,24). The lowest BCUT2D eigenvalue weighted by Crippen LogP contribution is -1.96. The topological polar surface area (TPSA) is 53.1 Å². The summed E-state index contributed by atoms with van der Waals surface area (Å²) in [6.45, 7) is 4.24. The number of para-hydroxylation sites is 1. The van der Waals surface area contributed by atoms with Gasteiger partial charge in [-0.2, -0.15) is 0 Å². The Morgan fingerprint density at radius 1 is 1.00 bits per heavy atom. The highest BCUT2D eigenvalue weighted by Crippen LogP contribution is 2.38. The van der Waals surface area contributed by atoms with Gasteiger partial charge in [0.05, 0.1) is 11.1 Å². The van der Waals surface area contributed by atoms with Crippen molar-refractivity contribution in [3.05, 3.63) is 71.4 Å². The minimum absolute atomic E-state index is 0.299. The van der Waals surface area contributed by atoms with Crippen LogP contribution in [0.15, 0.2) is 54.7 Å². The zero-order valence-electron chi connectivity index (χ0n) is 13.6. The van der Waals surface area contributed by atoms with Crippen molar-refractivity contribution in [1.82, 2.24) is 4.98 Å². The van der Waals surface area contributed by atoms with Gasteiger partial charge in [-0.1, -0.05) is 42.5 Å². The van der Waals surface area contributed by atoms with Gasteiger partial charge in [-0.25, -0.2) is 4.79 Å². The molecular weight excluding hydrogens is 298 g/mol. The number of aromatic amines is 1. The van der Waals surface area contributed by atoms with Crippen molar-refractivity contribution in [2.24, 2.45) is 0 Å². The molecule has 3 nitrogen and oxygen atoms in total. The molecule has 0 aliphatic carbocycles. The quantitative estimate of drug-likeness (QED) is 0.527. The highest BCUT2D eigenvalue weighted by atomic mass is 16.4. The van der Waals surface area contributed by atoms with Crippen LogP contribution in [0.3, 0.4) is 0 Å². The minimum Gasteiger partial charge on any atom is -0.478 e. The first-order valence-electron chi connectivity index (χ1n) is 7.90. The van der Waals surface area contributed by atoms with E-state index in [4.69, 9.17) is 0 Å². The second-order valence-electron chi connectivity index (χ2n) is 6.15. The molecule has 3 aromatic carbocycles. The Morgan fingerprint density at radius 3 is 2.54 bits per heavy atom. The fraction of sp³-hybridized carbons (Fsp3) is 0.0952. The maximum atomic E-state index is 11.5. The summed E-state index contributed by atoms with van der Waals surface area (Å²) in [5, 5.41) is 12.7. The van der Waals surface area contributed by atoms with E-state index in [1.54, 1.807) is 12.1 Å². The van der Waals surface area contributed by atoms with Gasteiger partial charge in [0.1, 0.15) is 0 Å². The Morgan fingerprint density at radius 2 is 1.75 bits per heavy atom. The van der Waals surface area contributed by atoms with Gasteiger partial charge in [0.25, 0.3) is 0 Å². The minimum atomic E-state index is -0.917. The molecule has 0 spiro atoms. The molecule has 1 aromatic heterocycles. The predicted molar refractivity (Wildman–Crippen MR) is 97.7 cm³/mol. The smallest absolute Gasteiger partial charge is 0.337 e. The normalized spacial score (nSPS) is 11.2. The summed E-state index contributed by atoms with van der Waals surface area (Å²) in [7, 11) is 0. The van der Waals surface area contributed by atoms with Crippen LogP contribution in [0.4, 0.5) is 0 Å². The summed E-state index contributed by atoms with van der Waals surface area (Å²) < 4.78 is 0. The Balaban J connectivity index is 2.13. The molecule has 0 saturated carbocycles. The van der Waals surface area contributed by atoms with Crippen molar-refractivity contribution >= 4 is 27.6 Å². The van der Waals surface area contributed by atoms with Crippen molar-refractivity contribution < 1.29 is 9.90 Å². The number of carboxylic acids is 1. The van der Waals surface area contributed by atoms with Crippen molar-refractivity contribution in [2.45, 2.75) is 13.8 Å². The second-order valence-corrected chi connectivity index (χ2v) is 6.15. The summed E-state index contributed by atoms with van der Waals surface area (Å²) in [5.74, 6) is -0.917. The third-order valence-corrected chi connectivity index (χ3v) is 4.78. The van der Waals surface area contributed by atoms with E-state index in [2.05, 4.69) is 37.0 Å². The lowest BCUT2D eigenvalue weighted by molar-refractivity contribution is 0.0699. The SMILES string of the molecule is Cc1cc2ccccc2c(-c2c[nH]c3c(C(=O)O)cccc23)c1C. The number of aromatic carboxylic acids is 1. The van der Waals surface area contributed by atoms with Crippen LogP contribution < -0.4 is 0 Å². The monoisotopic (exact) mass is 315 g/mol. The fourth-order valence-corrected chi connectivity index (χ4v) is 3.48. The number of hydrogen-bond acceptors (Lipinski definition) is 1. The van der Waals surface area contributed by atoms with E-state index in [0.29, 0.717) is 11.1 Å². The Bertz CT molecular complexity index is 1110. The van der Waals surface area contributed by atoms with Crippen LogP contribution >= 0.6 is 0 Å². The number of benzene rings is 3. The molecule has 0 aliphatic heterocycles. The summed E-state index contributed by atoms with van der Waals surface area (Å²) in [6.07, 6.45) is 1.92. The first kappa shape index (κ1) is 14.5. The molecule has 0 radical (unpaired) electrons. The molecule has 0 unspecified atom stereocenters. The molecule has 3 heteroatoms. The van der Waals surface area contributed by atoms with Gasteiger partial charge in [0.2, 0.25) is 0 Å². The lowest BCUT2D eigenvalue weighted by Gasteiger charge is -2.13. The average Bonchev–Trinajstić information content (AvgIpc) is 2.99. The predicted octanol–water partition coefficient (Wildman–Crippen LogP) is 5.30. The number of H-pyrrole nitrogens is 1. The van der Waals surface area contributed by atoms with Gasteiger partial charge in [-0.3, -0.25) is 0 Å². The summed E-state index contributed by atoms with van der Waals surface area (Å²) in [5.41, 5.74) is 5.63. The van der Waals surface area contributed by atoms with E-state index < -0.39 is 5.97 Å². The van der Waals surface area contributed by atoms with Crippen molar-refractivity contribution in [3.63, 3.8) is 0 Å². The number of carbonyl (C=O) groups is 1. The maximum Gasteiger partial charge on any atom is 0.337 e. The fourth-order valence-electron chi connectivity index (χ4n) is 3.48. The third kappa shape index (κ3) is 2.02. The van der Waals surface area contributed by atoms with Crippen LogP contribution in [-0.2, 0) is 0 Å². The third-order valence-electron chi connectivity index (χ3n) is 4.78. The summed E-state index contributed by atoms with van der Waals surface area (Å²) >= 11 is 0. The van der Waals surface area contributed by atoms with E-state index in [9.17, 15) is 9.90 Å². The van der Waals surface area contributed by atoms with Crippen molar-refractivity contribution in [1.29, 1.82) is 0 Å². The summed E-state index contributed by atoms with van der Waals surface area (Å²) in [4.78, 5) is 14.6. The largest absolute Gasteiger partial charge is 0.478 e. The van der Waals surface area contributed by atoms with Gasteiger partial charge < -0.3 is 10.1 Å². The Kier molecular flexibility index (Phi) is 3.17. The molecule has 0 bridgehead atoms. The molecule has 0 fully saturated rings. The number of hydrogen-bond donors (Lipinski definition) is 2. The molecule has 0 atom stereocenters. The van der Waals surface area contributed by atoms with Crippen LogP contribution in [0.5, 0.6) is 0 Å². The first-order valence-corrected chi connectivity index (χ1v) is 7.90. The number of nitrogens with one attached hydrogen (secondary N) is 1. The molecule has 2 N–H and O–H groups in total. The van der Waals surface area contributed by atoms with E-state index in [1.165, 1.54) is 27.5 Å². The van der Waals surface area contributed by atoms with Gasteiger partial charge >= 0.3 is 5.97 Å². The number of fused-ring (bicyclic) bond motifs is 2. The maximum absolute atomic E-state index is 11.5. The summed E-state index contributed by atoms with van der Waals surface area (Å²) in [6, 6.07) is 15.9. The van der Waals surface area contributed by atoms with E-state index in [0.717, 1.165) is 10.9 Å². The second kappa shape index (κ2) is 5.24. The average molecular weight is 315 g/mol. The number of rotatable bonds is 2. The van der Waals surface area contributed by atoms with Gasteiger partial charge in [0.15, 0.2) is 0 Å². The Hall–Kier alpha value is -3.07.